The molecule has 1 N–H and O–H groups in total. The molecule has 4 fully saturated rings. The highest BCUT2D eigenvalue weighted by Crippen LogP contribution is 2.41. The van der Waals surface area contributed by atoms with Crippen LogP contribution in [0.1, 0.15) is 19.3 Å². The topological polar surface area (TPSA) is 104 Å². The number of halogens is 2. The molecule has 4 atom stereocenters. The minimum Gasteiger partial charge on any atom is -0.465 e. The van der Waals surface area contributed by atoms with Gasteiger partial charge in [0, 0.05) is 26.1 Å². The Kier molecular flexibility index (Phi) is 5.35. The van der Waals surface area contributed by atoms with Crippen molar-refractivity contribution in [3.8, 4) is 6.01 Å². The minimum atomic E-state index is -0.927. The van der Waals surface area contributed by atoms with Crippen LogP contribution in [0.2, 0.25) is 0 Å². The van der Waals surface area contributed by atoms with E-state index in [9.17, 15) is 14.3 Å². The largest absolute Gasteiger partial charge is 0.465 e. The van der Waals surface area contributed by atoms with Gasteiger partial charge in [-0.25, -0.2) is 14.2 Å². The van der Waals surface area contributed by atoms with E-state index in [2.05, 4.69) is 35.7 Å². The summed E-state index contributed by atoms with van der Waals surface area (Å²) in [4.78, 5) is 32.1. The van der Waals surface area contributed by atoms with Crippen LogP contribution in [0, 0.1) is 0 Å². The van der Waals surface area contributed by atoms with Crippen molar-refractivity contribution >= 4 is 49.5 Å². The number of aromatic nitrogens is 3. The van der Waals surface area contributed by atoms with Gasteiger partial charge in [0.2, 0.25) is 0 Å². The standard InChI is InChI=1S/C20H24BrFN6O4S/c21-17-23-14-15(26-6-12-8-31-9-13(7-26)28(12)19(29)30)24-18(25-16(14)33-17)32-10-20-2-1-3-27(20)5-11(22)4-20/h11-13H,1-10H2,(H,29,30)/t11-,12?,13?,20+/m1/s1. The molecule has 1 amide bonds. The van der Waals surface area contributed by atoms with Gasteiger partial charge in [-0.1, -0.05) is 11.3 Å². The highest BCUT2D eigenvalue weighted by atomic mass is 79.9. The molecule has 4 aliphatic heterocycles. The molecule has 2 aromatic rings. The lowest BCUT2D eigenvalue weighted by Crippen LogP contribution is -2.66. The average molecular weight is 543 g/mol. The van der Waals surface area contributed by atoms with E-state index < -0.39 is 12.3 Å². The van der Waals surface area contributed by atoms with Crippen molar-refractivity contribution in [1.82, 2.24) is 24.8 Å². The Morgan fingerprint density at radius 1 is 1.27 bits per heavy atom. The van der Waals surface area contributed by atoms with E-state index in [1.165, 1.54) is 16.2 Å². The molecule has 4 saturated heterocycles. The number of carbonyl (C=O) groups is 1. The Labute approximate surface area is 201 Å². The number of hydrogen-bond donors (Lipinski definition) is 1. The molecule has 178 valence electrons. The molecule has 6 rings (SSSR count). The lowest BCUT2D eigenvalue weighted by Gasteiger charge is -2.48. The van der Waals surface area contributed by atoms with Crippen molar-refractivity contribution in [2.45, 2.75) is 43.1 Å². The fourth-order valence-corrected chi connectivity index (χ4v) is 7.14. The third-order valence-electron chi connectivity index (χ3n) is 7.21. The molecule has 10 nitrogen and oxygen atoms in total. The van der Waals surface area contributed by atoms with Gasteiger partial charge in [0.15, 0.2) is 14.6 Å². The van der Waals surface area contributed by atoms with E-state index in [4.69, 9.17) is 14.5 Å². The highest BCUT2D eigenvalue weighted by molar-refractivity contribution is 9.11. The molecule has 33 heavy (non-hydrogen) atoms. The summed E-state index contributed by atoms with van der Waals surface area (Å²) < 4.78 is 26.6. The summed E-state index contributed by atoms with van der Waals surface area (Å²) in [6, 6.07) is -0.311. The zero-order chi connectivity index (χ0) is 22.7. The lowest BCUT2D eigenvalue weighted by molar-refractivity contribution is -0.0451. The number of morpholine rings is 1. The third kappa shape index (κ3) is 3.72. The van der Waals surface area contributed by atoms with Crippen molar-refractivity contribution in [2.75, 3.05) is 50.9 Å². The number of amides is 1. The Hall–Kier alpha value is -1.83. The maximum Gasteiger partial charge on any atom is 0.408 e. The number of nitrogens with zero attached hydrogens (tertiary/aromatic N) is 6. The van der Waals surface area contributed by atoms with E-state index in [1.54, 1.807) is 0 Å². The predicted octanol–water partition coefficient (Wildman–Crippen LogP) is 2.37. The molecule has 0 spiro atoms. The van der Waals surface area contributed by atoms with Crippen LogP contribution in [-0.4, -0.2) is 106 Å². The van der Waals surface area contributed by atoms with Crippen molar-refractivity contribution < 1.29 is 23.8 Å². The van der Waals surface area contributed by atoms with Gasteiger partial charge in [-0.3, -0.25) is 9.80 Å². The summed E-state index contributed by atoms with van der Waals surface area (Å²) in [7, 11) is 0. The maximum atomic E-state index is 14.1. The smallest absolute Gasteiger partial charge is 0.408 e. The van der Waals surface area contributed by atoms with Crippen LogP contribution in [0.25, 0.3) is 10.3 Å². The summed E-state index contributed by atoms with van der Waals surface area (Å²) in [5.74, 6) is 0.634. The van der Waals surface area contributed by atoms with Crippen LogP contribution in [-0.2, 0) is 4.74 Å². The van der Waals surface area contributed by atoms with Gasteiger partial charge in [0.1, 0.15) is 18.3 Å². The van der Waals surface area contributed by atoms with Gasteiger partial charge in [0.05, 0.1) is 30.8 Å². The second kappa shape index (κ2) is 8.14. The number of anilines is 1. The fraction of sp³-hybridized carbons (Fsp3) is 0.700. The summed E-state index contributed by atoms with van der Waals surface area (Å²) in [5, 5.41) is 9.65. The zero-order valence-electron chi connectivity index (χ0n) is 17.8. The van der Waals surface area contributed by atoms with E-state index >= 15 is 0 Å². The summed E-state index contributed by atoms with van der Waals surface area (Å²) in [6.07, 6.45) is 0.688. The van der Waals surface area contributed by atoms with Gasteiger partial charge in [-0.05, 0) is 35.3 Å². The summed E-state index contributed by atoms with van der Waals surface area (Å²) in [5.41, 5.74) is 0.376. The number of ether oxygens (including phenoxy) is 2. The van der Waals surface area contributed by atoms with Crippen molar-refractivity contribution in [1.29, 1.82) is 0 Å². The van der Waals surface area contributed by atoms with Crippen molar-refractivity contribution in [3.05, 3.63) is 3.92 Å². The minimum absolute atomic E-state index is 0.249. The molecule has 2 unspecified atom stereocenters. The Bertz CT molecular complexity index is 1080. The van der Waals surface area contributed by atoms with E-state index in [1.807, 2.05) is 0 Å². The van der Waals surface area contributed by atoms with Crippen LogP contribution in [0.3, 0.4) is 0 Å². The van der Waals surface area contributed by atoms with E-state index in [0.717, 1.165) is 19.4 Å². The average Bonchev–Trinajstić information content (AvgIpc) is 3.41. The molecule has 4 aliphatic rings. The molecule has 0 aromatic carbocycles. The SMILES string of the molecule is O=C(O)N1C2COCC1CN(c1nc(OC[C@@]34CCCN3C[C@H](F)C4)nc3sc(Br)nc13)C2. The zero-order valence-corrected chi connectivity index (χ0v) is 20.2. The molecule has 0 aliphatic carbocycles. The van der Waals surface area contributed by atoms with Crippen LogP contribution in [0.4, 0.5) is 15.0 Å². The first-order valence-electron chi connectivity index (χ1n) is 11.1. The van der Waals surface area contributed by atoms with Crippen LogP contribution < -0.4 is 9.64 Å². The van der Waals surface area contributed by atoms with Crippen molar-refractivity contribution in [3.63, 3.8) is 0 Å². The van der Waals surface area contributed by atoms with E-state index in [0.29, 0.717) is 66.0 Å². The first kappa shape index (κ1) is 21.7. The monoisotopic (exact) mass is 542 g/mol. The maximum absolute atomic E-state index is 14.1. The second-order valence-corrected chi connectivity index (χ2v) is 11.5. The number of piperazine rings is 1. The number of carboxylic acid groups (broad SMARTS) is 1. The quantitative estimate of drug-likeness (QED) is 0.623. The molecule has 13 heteroatoms. The van der Waals surface area contributed by atoms with Crippen LogP contribution in [0.15, 0.2) is 3.92 Å². The predicted molar refractivity (Wildman–Crippen MR) is 122 cm³/mol. The molecule has 0 radical (unpaired) electrons. The van der Waals surface area contributed by atoms with Gasteiger partial charge < -0.3 is 19.5 Å². The molecule has 0 saturated carbocycles. The first-order valence-corrected chi connectivity index (χ1v) is 12.7. The first-order chi connectivity index (χ1) is 15.9. The van der Waals surface area contributed by atoms with Crippen molar-refractivity contribution in [2.24, 2.45) is 0 Å². The molecule has 2 aromatic heterocycles. The number of alkyl halides is 1. The fourth-order valence-electron chi connectivity index (χ4n) is 5.84. The third-order valence-corrected chi connectivity index (χ3v) is 8.62. The number of fused-ring (bicyclic) bond motifs is 4. The Morgan fingerprint density at radius 2 is 2.06 bits per heavy atom. The number of hydrogen-bond acceptors (Lipinski definition) is 9. The van der Waals surface area contributed by atoms with Crippen LogP contribution in [0.5, 0.6) is 6.01 Å². The number of rotatable bonds is 4. The highest BCUT2D eigenvalue weighted by Gasteiger charge is 2.49. The molecule has 2 bridgehead atoms. The van der Waals surface area contributed by atoms with Gasteiger partial charge in [0.25, 0.3) is 0 Å². The number of thiazole rings is 1. The van der Waals surface area contributed by atoms with Crippen LogP contribution >= 0.6 is 27.3 Å². The van der Waals surface area contributed by atoms with Gasteiger partial charge in [-0.15, -0.1) is 0 Å². The van der Waals surface area contributed by atoms with Gasteiger partial charge in [-0.2, -0.15) is 9.97 Å². The molecule has 6 heterocycles. The normalized spacial score (nSPS) is 31.9. The Morgan fingerprint density at radius 3 is 2.82 bits per heavy atom. The lowest BCUT2D eigenvalue weighted by atomic mass is 9.95. The summed E-state index contributed by atoms with van der Waals surface area (Å²) >= 11 is 4.84. The van der Waals surface area contributed by atoms with E-state index in [-0.39, 0.29) is 23.6 Å². The second-order valence-electron chi connectivity index (χ2n) is 9.25. The summed E-state index contributed by atoms with van der Waals surface area (Å²) in [6.45, 7) is 3.31. The molecular formula is C20H24BrFN6O4S. The molecular weight excluding hydrogens is 519 g/mol. The van der Waals surface area contributed by atoms with Gasteiger partial charge >= 0.3 is 12.1 Å². The Balaban J connectivity index is 1.30.